The smallest absolute Gasteiger partial charge is 0.269 e. The quantitative estimate of drug-likeness (QED) is 0.570. The Balaban J connectivity index is 1.72. The molecule has 1 aromatic heterocycles. The summed E-state index contributed by atoms with van der Waals surface area (Å²) in [4.78, 5) is 25.4. The number of non-ortho nitro benzene ring substituents is 1. The van der Waals surface area contributed by atoms with Crippen LogP contribution in [-0.4, -0.2) is 15.8 Å². The number of carbonyl (C=O) groups is 1. The zero-order chi connectivity index (χ0) is 16.4. The van der Waals surface area contributed by atoms with Gasteiger partial charge in [0.15, 0.2) is 0 Å². The Morgan fingerprint density at radius 1 is 1.22 bits per heavy atom. The summed E-state index contributed by atoms with van der Waals surface area (Å²) >= 11 is 0. The maximum Gasteiger partial charge on any atom is 0.269 e. The van der Waals surface area contributed by atoms with E-state index in [1.807, 2.05) is 31.3 Å². The van der Waals surface area contributed by atoms with E-state index in [1.165, 1.54) is 12.1 Å². The average molecular weight is 309 g/mol. The van der Waals surface area contributed by atoms with Crippen molar-refractivity contribution in [3.8, 4) is 0 Å². The molecule has 0 atom stereocenters. The lowest BCUT2D eigenvalue weighted by atomic mass is 10.1. The van der Waals surface area contributed by atoms with Crippen molar-refractivity contribution in [1.29, 1.82) is 0 Å². The zero-order valence-corrected chi connectivity index (χ0v) is 12.5. The molecule has 0 fully saturated rings. The molecule has 2 N–H and O–H groups in total. The summed E-state index contributed by atoms with van der Waals surface area (Å²) in [6.45, 7) is 1.94. The molecule has 1 heterocycles. The minimum Gasteiger partial charge on any atom is -0.361 e. The van der Waals surface area contributed by atoms with Crippen LogP contribution < -0.4 is 5.32 Å². The van der Waals surface area contributed by atoms with Gasteiger partial charge in [-0.05, 0) is 41.6 Å². The van der Waals surface area contributed by atoms with Crippen LogP contribution in [0.15, 0.2) is 48.7 Å². The van der Waals surface area contributed by atoms with Gasteiger partial charge in [-0.25, -0.2) is 0 Å². The monoisotopic (exact) mass is 309 g/mol. The van der Waals surface area contributed by atoms with Crippen molar-refractivity contribution in [3.63, 3.8) is 0 Å². The maximum atomic E-state index is 12.2. The van der Waals surface area contributed by atoms with Gasteiger partial charge in [0.25, 0.3) is 5.69 Å². The number of rotatable bonds is 4. The van der Waals surface area contributed by atoms with E-state index in [9.17, 15) is 14.9 Å². The maximum absolute atomic E-state index is 12.2. The second-order valence-corrected chi connectivity index (χ2v) is 5.38. The van der Waals surface area contributed by atoms with E-state index < -0.39 is 4.92 Å². The standard InChI is InChI=1S/C17H15N3O3/c1-11-8-13-6-7-18-16(13)10-15(11)19-17(21)9-12-2-4-14(5-3-12)20(22)23/h2-8,10,18H,9H2,1H3,(H,19,21). The molecule has 0 spiro atoms. The van der Waals surface area contributed by atoms with Gasteiger partial charge in [-0.15, -0.1) is 0 Å². The molecule has 1 amide bonds. The molecule has 0 aliphatic rings. The third-order valence-corrected chi connectivity index (χ3v) is 3.68. The number of nitro benzene ring substituents is 1. The van der Waals surface area contributed by atoms with E-state index in [1.54, 1.807) is 12.1 Å². The predicted octanol–water partition coefficient (Wildman–Crippen LogP) is 3.57. The number of hydrogen-bond acceptors (Lipinski definition) is 3. The number of hydrogen-bond donors (Lipinski definition) is 2. The van der Waals surface area contributed by atoms with E-state index in [-0.39, 0.29) is 18.0 Å². The minimum atomic E-state index is -0.460. The average Bonchev–Trinajstić information content (AvgIpc) is 2.95. The first-order valence-corrected chi connectivity index (χ1v) is 7.14. The van der Waals surface area contributed by atoms with Crippen molar-refractivity contribution in [2.24, 2.45) is 0 Å². The van der Waals surface area contributed by atoms with Gasteiger partial charge in [-0.2, -0.15) is 0 Å². The van der Waals surface area contributed by atoms with Crippen molar-refractivity contribution >= 4 is 28.2 Å². The van der Waals surface area contributed by atoms with Gasteiger partial charge in [0.1, 0.15) is 0 Å². The van der Waals surface area contributed by atoms with Crippen LogP contribution in [0, 0.1) is 17.0 Å². The van der Waals surface area contributed by atoms with Gasteiger partial charge in [0.2, 0.25) is 5.91 Å². The fraction of sp³-hybridized carbons (Fsp3) is 0.118. The number of anilines is 1. The van der Waals surface area contributed by atoms with Crippen LogP contribution >= 0.6 is 0 Å². The van der Waals surface area contributed by atoms with E-state index in [0.717, 1.165) is 27.7 Å². The Hall–Kier alpha value is -3.15. The molecule has 0 aliphatic heterocycles. The number of nitrogens with zero attached hydrogens (tertiary/aromatic N) is 1. The number of nitro groups is 1. The highest BCUT2D eigenvalue weighted by atomic mass is 16.6. The first-order chi connectivity index (χ1) is 11.0. The Labute approximate surface area is 132 Å². The fourth-order valence-electron chi connectivity index (χ4n) is 2.46. The van der Waals surface area contributed by atoms with Crippen molar-refractivity contribution in [3.05, 3.63) is 69.9 Å². The SMILES string of the molecule is Cc1cc2cc[nH]c2cc1NC(=O)Cc1ccc([N+](=O)[O-])cc1. The summed E-state index contributed by atoms with van der Waals surface area (Å²) in [5, 5.41) is 14.6. The highest BCUT2D eigenvalue weighted by Gasteiger charge is 2.09. The highest BCUT2D eigenvalue weighted by Crippen LogP contribution is 2.23. The molecular formula is C17H15N3O3. The topological polar surface area (TPSA) is 88.0 Å². The van der Waals surface area contributed by atoms with E-state index in [2.05, 4.69) is 10.3 Å². The van der Waals surface area contributed by atoms with Crippen molar-refractivity contribution in [2.75, 3.05) is 5.32 Å². The molecule has 6 heteroatoms. The molecule has 0 unspecified atom stereocenters. The molecule has 0 aliphatic carbocycles. The number of fused-ring (bicyclic) bond motifs is 1. The molecule has 3 aromatic rings. The van der Waals surface area contributed by atoms with E-state index >= 15 is 0 Å². The van der Waals surface area contributed by atoms with Gasteiger partial charge in [-0.3, -0.25) is 14.9 Å². The Kier molecular flexibility index (Phi) is 3.80. The second kappa shape index (κ2) is 5.92. The van der Waals surface area contributed by atoms with Gasteiger partial charge >= 0.3 is 0 Å². The molecule has 2 aromatic carbocycles. The number of nitrogens with one attached hydrogen (secondary N) is 2. The second-order valence-electron chi connectivity index (χ2n) is 5.38. The largest absolute Gasteiger partial charge is 0.361 e. The van der Waals surface area contributed by atoms with Gasteiger partial charge in [0.05, 0.1) is 11.3 Å². The van der Waals surface area contributed by atoms with Gasteiger partial charge in [0, 0.05) is 29.5 Å². The normalized spacial score (nSPS) is 10.7. The predicted molar refractivity (Wildman–Crippen MR) is 88.5 cm³/mol. The minimum absolute atomic E-state index is 0.0159. The van der Waals surface area contributed by atoms with Crippen molar-refractivity contribution in [2.45, 2.75) is 13.3 Å². The lowest BCUT2D eigenvalue weighted by Gasteiger charge is -2.09. The third-order valence-electron chi connectivity index (χ3n) is 3.68. The Morgan fingerprint density at radius 3 is 2.65 bits per heavy atom. The summed E-state index contributed by atoms with van der Waals surface area (Å²) in [5.41, 5.74) is 3.44. The molecule has 0 saturated carbocycles. The fourth-order valence-corrected chi connectivity index (χ4v) is 2.46. The number of benzene rings is 2. The lowest BCUT2D eigenvalue weighted by Crippen LogP contribution is -2.15. The summed E-state index contributed by atoms with van der Waals surface area (Å²) < 4.78 is 0. The zero-order valence-electron chi connectivity index (χ0n) is 12.5. The number of aromatic nitrogens is 1. The van der Waals surface area contributed by atoms with E-state index in [0.29, 0.717) is 0 Å². The number of H-pyrrole nitrogens is 1. The number of carbonyl (C=O) groups excluding carboxylic acids is 1. The molecule has 0 radical (unpaired) electrons. The Morgan fingerprint density at radius 2 is 1.96 bits per heavy atom. The van der Waals surface area contributed by atoms with Crippen LogP contribution in [0.5, 0.6) is 0 Å². The molecule has 0 saturated heterocycles. The lowest BCUT2D eigenvalue weighted by molar-refractivity contribution is -0.384. The van der Waals surface area contributed by atoms with Gasteiger partial charge < -0.3 is 10.3 Å². The molecule has 116 valence electrons. The van der Waals surface area contributed by atoms with Crippen molar-refractivity contribution < 1.29 is 9.72 Å². The molecule has 23 heavy (non-hydrogen) atoms. The first kappa shape index (κ1) is 14.8. The van der Waals surface area contributed by atoms with Gasteiger partial charge in [-0.1, -0.05) is 12.1 Å². The number of aromatic amines is 1. The Bertz CT molecular complexity index is 882. The first-order valence-electron chi connectivity index (χ1n) is 7.14. The molecule has 0 bridgehead atoms. The molecule has 3 rings (SSSR count). The molecular weight excluding hydrogens is 294 g/mol. The number of aryl methyl sites for hydroxylation is 1. The third kappa shape index (κ3) is 3.21. The summed E-state index contributed by atoms with van der Waals surface area (Å²) in [5.74, 6) is -0.159. The van der Waals surface area contributed by atoms with Crippen LogP contribution in [0.25, 0.3) is 10.9 Å². The summed E-state index contributed by atoms with van der Waals surface area (Å²) in [7, 11) is 0. The highest BCUT2D eigenvalue weighted by molar-refractivity contribution is 5.95. The van der Waals surface area contributed by atoms with Crippen LogP contribution in [0.2, 0.25) is 0 Å². The summed E-state index contributed by atoms with van der Waals surface area (Å²) in [6.07, 6.45) is 2.02. The van der Waals surface area contributed by atoms with Crippen LogP contribution in [0.1, 0.15) is 11.1 Å². The van der Waals surface area contributed by atoms with Crippen molar-refractivity contribution in [1.82, 2.24) is 4.98 Å². The van der Waals surface area contributed by atoms with Crippen LogP contribution in [0.3, 0.4) is 0 Å². The van der Waals surface area contributed by atoms with Crippen LogP contribution in [-0.2, 0) is 11.2 Å². The number of amides is 1. The summed E-state index contributed by atoms with van der Waals surface area (Å²) in [6, 6.07) is 11.9. The molecule has 6 nitrogen and oxygen atoms in total. The van der Waals surface area contributed by atoms with E-state index in [4.69, 9.17) is 0 Å². The van der Waals surface area contributed by atoms with Crippen LogP contribution in [0.4, 0.5) is 11.4 Å².